The lowest BCUT2D eigenvalue weighted by Gasteiger charge is -2.28. The van der Waals surface area contributed by atoms with E-state index in [1.165, 1.54) is 17.7 Å². The second kappa shape index (κ2) is 14.4. The zero-order chi connectivity index (χ0) is 38.4. The molecule has 5 aromatic rings. The molecule has 3 heterocycles. The van der Waals surface area contributed by atoms with Crippen molar-refractivity contribution < 1.29 is 36.7 Å². The van der Waals surface area contributed by atoms with Gasteiger partial charge in [-0.25, -0.2) is 13.4 Å². The topological polar surface area (TPSA) is 169 Å². The van der Waals surface area contributed by atoms with E-state index in [2.05, 4.69) is 27.9 Å². The molecule has 2 saturated heterocycles. The van der Waals surface area contributed by atoms with Crippen LogP contribution in [0.15, 0.2) is 72.8 Å². The summed E-state index contributed by atoms with van der Waals surface area (Å²) in [5, 5.41) is 11.4. The predicted octanol–water partition coefficient (Wildman–Crippen LogP) is 5.45. The van der Waals surface area contributed by atoms with Crippen molar-refractivity contribution in [1.29, 1.82) is 0 Å². The molecule has 2 aliphatic heterocycles. The molecule has 13 nitrogen and oxygen atoms in total. The third kappa shape index (κ3) is 7.23. The monoisotopic (exact) mass is 766 g/mol. The standard InChI is InChI=1S/C40H39FN6O7S/c1-46-32-19-26(11-13-30(32)38(44-46)31-15-16-34(48)43-40(31)51)25-9-7-23(8-10-25)17-35(49)42-28-12-14-29-27(18-28)20-33(54-22-24-5-3-2-4-6-24)39(37(29)41)47-21-36(50)45-55(47,52)53/h2-6,11-14,18-20,23,25,31H,7-10,15-17,21-22H2,1H3,(H,42,49)(H,45,50)(H,43,48,51)/t23-,25+,31?. The predicted molar refractivity (Wildman–Crippen MR) is 203 cm³/mol. The van der Waals surface area contributed by atoms with E-state index in [1.54, 1.807) is 16.8 Å². The Morgan fingerprint density at radius 3 is 2.44 bits per heavy atom. The number of rotatable bonds is 9. The smallest absolute Gasteiger partial charge is 0.326 e. The van der Waals surface area contributed by atoms with E-state index in [0.29, 0.717) is 46.3 Å². The van der Waals surface area contributed by atoms with Gasteiger partial charge < -0.3 is 10.1 Å². The lowest BCUT2D eigenvalue weighted by Crippen LogP contribution is -2.39. The zero-order valence-electron chi connectivity index (χ0n) is 30.0. The number of hydrogen-bond acceptors (Lipinski definition) is 8. The number of carbonyl (C=O) groups excluding carboxylic acids is 4. The summed E-state index contributed by atoms with van der Waals surface area (Å²) in [7, 11) is -2.47. The highest BCUT2D eigenvalue weighted by Crippen LogP contribution is 2.42. The fourth-order valence-corrected chi connectivity index (χ4v) is 9.23. The van der Waals surface area contributed by atoms with Crippen molar-refractivity contribution in [3.8, 4) is 5.75 Å². The molecule has 4 aromatic carbocycles. The second-order valence-electron chi connectivity index (χ2n) is 14.5. The van der Waals surface area contributed by atoms with Gasteiger partial charge >= 0.3 is 10.2 Å². The number of hydrogen-bond donors (Lipinski definition) is 3. The van der Waals surface area contributed by atoms with Crippen molar-refractivity contribution >= 4 is 66.9 Å². The Bertz CT molecular complexity index is 2480. The van der Waals surface area contributed by atoms with E-state index in [1.807, 2.05) is 48.2 Å². The Morgan fingerprint density at radius 2 is 1.71 bits per heavy atom. The van der Waals surface area contributed by atoms with Gasteiger partial charge in [0.2, 0.25) is 17.7 Å². The van der Waals surface area contributed by atoms with Crippen molar-refractivity contribution in [2.24, 2.45) is 13.0 Å². The van der Waals surface area contributed by atoms with Crippen LogP contribution in [0.5, 0.6) is 5.75 Å². The van der Waals surface area contributed by atoms with E-state index >= 15 is 4.39 Å². The summed E-state index contributed by atoms with van der Waals surface area (Å²) in [6.07, 6.45) is 4.63. The van der Waals surface area contributed by atoms with Gasteiger partial charge in [0.25, 0.3) is 5.91 Å². The summed E-state index contributed by atoms with van der Waals surface area (Å²) in [6, 6.07) is 21.6. The average molecular weight is 767 g/mol. The van der Waals surface area contributed by atoms with E-state index in [0.717, 1.165) is 42.1 Å². The average Bonchev–Trinajstić information content (AvgIpc) is 3.63. The number of imide groups is 1. The summed E-state index contributed by atoms with van der Waals surface area (Å²) < 4.78 is 52.0. The third-order valence-corrected chi connectivity index (χ3v) is 12.2. The highest BCUT2D eigenvalue weighted by Gasteiger charge is 2.38. The molecule has 0 bridgehead atoms. The molecule has 0 spiro atoms. The van der Waals surface area contributed by atoms with Crippen molar-refractivity contribution in [2.45, 2.75) is 63.4 Å². The largest absolute Gasteiger partial charge is 0.487 e. The maximum Gasteiger partial charge on any atom is 0.326 e. The number of carbonyl (C=O) groups is 4. The van der Waals surface area contributed by atoms with Crippen molar-refractivity contribution in [1.82, 2.24) is 19.8 Å². The minimum absolute atomic E-state index is 0.0240. The minimum atomic E-state index is -4.33. The van der Waals surface area contributed by atoms with Crippen LogP contribution in [0.25, 0.3) is 21.7 Å². The fraction of sp³-hybridized carbons (Fsp3) is 0.325. The molecule has 0 radical (unpaired) electrons. The van der Waals surface area contributed by atoms with Gasteiger partial charge in [-0.3, -0.25) is 29.2 Å². The van der Waals surface area contributed by atoms with Gasteiger partial charge in [-0.15, -0.1) is 0 Å². The highest BCUT2D eigenvalue weighted by molar-refractivity contribution is 7.92. The summed E-state index contributed by atoms with van der Waals surface area (Å²) in [6.45, 7) is -0.564. The lowest BCUT2D eigenvalue weighted by atomic mass is 9.77. The first kappa shape index (κ1) is 36.2. The van der Waals surface area contributed by atoms with Gasteiger partial charge in [-0.1, -0.05) is 42.5 Å². The number of halogens is 1. The number of nitrogens with zero attached hydrogens (tertiary/aromatic N) is 3. The molecule has 1 saturated carbocycles. The Hall–Kier alpha value is -5.83. The van der Waals surface area contributed by atoms with E-state index in [4.69, 9.17) is 4.74 Å². The summed E-state index contributed by atoms with van der Waals surface area (Å²) in [5.74, 6) is -2.39. The first-order chi connectivity index (χ1) is 26.4. The maximum absolute atomic E-state index is 16.2. The van der Waals surface area contributed by atoms with Crippen LogP contribution in [-0.4, -0.2) is 48.4 Å². The SMILES string of the molecule is Cn1nc(C2CCC(=O)NC2=O)c2ccc([C@H]3CC[C@@H](CC(=O)Nc4ccc5c(F)c(N6CC(=O)NS6(=O)=O)c(OCc6ccccc6)cc5c4)CC3)cc21. The Kier molecular flexibility index (Phi) is 9.49. The highest BCUT2D eigenvalue weighted by atomic mass is 32.2. The molecule has 1 aromatic heterocycles. The van der Waals surface area contributed by atoms with E-state index < -0.39 is 34.4 Å². The van der Waals surface area contributed by atoms with Crippen LogP contribution in [0.3, 0.4) is 0 Å². The van der Waals surface area contributed by atoms with Crippen LogP contribution in [0.4, 0.5) is 15.8 Å². The molecule has 15 heteroatoms. The van der Waals surface area contributed by atoms with E-state index in [9.17, 15) is 27.6 Å². The number of piperidine rings is 1. The van der Waals surface area contributed by atoms with Crippen LogP contribution in [-0.2, 0) is 43.0 Å². The van der Waals surface area contributed by atoms with Gasteiger partial charge in [0.05, 0.1) is 17.1 Å². The number of ether oxygens (including phenoxy) is 1. The van der Waals surface area contributed by atoms with Crippen molar-refractivity contribution in [2.75, 3.05) is 16.2 Å². The molecular formula is C40H39FN6O7S. The fourth-order valence-electron chi connectivity index (χ4n) is 8.07. The molecular weight excluding hydrogens is 728 g/mol. The maximum atomic E-state index is 16.2. The minimum Gasteiger partial charge on any atom is -0.487 e. The normalized spacial score (nSPS) is 21.1. The quantitative estimate of drug-likeness (QED) is 0.167. The first-order valence-corrected chi connectivity index (χ1v) is 19.7. The molecule has 1 unspecified atom stereocenters. The molecule has 1 aliphatic carbocycles. The van der Waals surface area contributed by atoms with Crippen molar-refractivity contribution in [3.05, 3.63) is 95.4 Å². The van der Waals surface area contributed by atoms with Crippen LogP contribution >= 0.6 is 0 Å². The lowest BCUT2D eigenvalue weighted by molar-refractivity contribution is -0.134. The number of fused-ring (bicyclic) bond motifs is 2. The van der Waals surface area contributed by atoms with Crippen LogP contribution < -0.4 is 24.4 Å². The number of aryl methyl sites for hydroxylation is 1. The summed E-state index contributed by atoms with van der Waals surface area (Å²) >= 11 is 0. The number of benzene rings is 4. The van der Waals surface area contributed by atoms with Gasteiger partial charge in [-0.2, -0.15) is 13.5 Å². The van der Waals surface area contributed by atoms with Gasteiger partial charge in [0, 0.05) is 36.3 Å². The Morgan fingerprint density at radius 1 is 0.945 bits per heavy atom. The number of amides is 4. The molecule has 284 valence electrons. The molecule has 4 amide bonds. The molecule has 3 aliphatic rings. The Labute approximate surface area is 316 Å². The first-order valence-electron chi connectivity index (χ1n) is 18.3. The second-order valence-corrected chi connectivity index (χ2v) is 16.1. The summed E-state index contributed by atoms with van der Waals surface area (Å²) in [5.41, 5.74) is 3.68. The zero-order valence-corrected chi connectivity index (χ0v) is 30.8. The van der Waals surface area contributed by atoms with E-state index in [-0.39, 0.29) is 47.1 Å². The van der Waals surface area contributed by atoms with Crippen molar-refractivity contribution in [3.63, 3.8) is 0 Å². The molecule has 8 rings (SSSR count). The third-order valence-electron chi connectivity index (χ3n) is 10.9. The number of anilines is 2. The number of nitrogens with one attached hydrogen (secondary N) is 3. The molecule has 55 heavy (non-hydrogen) atoms. The van der Waals surface area contributed by atoms with Crippen LogP contribution in [0, 0.1) is 11.7 Å². The molecule has 3 fully saturated rings. The Balaban J connectivity index is 0.938. The van der Waals surface area contributed by atoms with Crippen LogP contribution in [0.2, 0.25) is 0 Å². The van der Waals surface area contributed by atoms with Gasteiger partial charge in [0.1, 0.15) is 24.6 Å². The number of aromatic nitrogens is 2. The summed E-state index contributed by atoms with van der Waals surface area (Å²) in [4.78, 5) is 49.5. The molecule has 3 N–H and O–H groups in total. The molecule has 1 atom stereocenters. The van der Waals surface area contributed by atoms with Gasteiger partial charge in [0.15, 0.2) is 5.82 Å². The van der Waals surface area contributed by atoms with Gasteiger partial charge in [-0.05, 0) is 90.8 Å². The van der Waals surface area contributed by atoms with Crippen LogP contribution in [0.1, 0.15) is 73.6 Å².